The summed E-state index contributed by atoms with van der Waals surface area (Å²) in [5, 5.41) is 1.11. The van der Waals surface area contributed by atoms with Crippen molar-refractivity contribution in [1.82, 2.24) is 4.90 Å². The van der Waals surface area contributed by atoms with Crippen LogP contribution in [-0.4, -0.2) is 36.5 Å². The summed E-state index contributed by atoms with van der Waals surface area (Å²) in [4.78, 5) is 18.5. The molecule has 3 nitrogen and oxygen atoms in total. The molecule has 0 atom stereocenters. The Morgan fingerprint density at radius 1 is 1.47 bits per heavy atom. The van der Waals surface area contributed by atoms with E-state index in [-0.39, 0.29) is 11.3 Å². The number of hydrogen-bond donors (Lipinski definition) is 0. The highest BCUT2D eigenvalue weighted by atomic mass is 32.2. The van der Waals surface area contributed by atoms with Crippen molar-refractivity contribution in [2.75, 3.05) is 20.6 Å². The summed E-state index contributed by atoms with van der Waals surface area (Å²) in [6.07, 6.45) is 1.67. The van der Waals surface area contributed by atoms with Gasteiger partial charge in [-0.25, -0.2) is 0 Å². The Bertz CT molecular complexity index is 324. The molecule has 0 radical (unpaired) electrons. The van der Waals surface area contributed by atoms with Gasteiger partial charge in [-0.1, -0.05) is 32.5 Å². The van der Waals surface area contributed by atoms with Crippen molar-refractivity contribution >= 4 is 22.7 Å². The van der Waals surface area contributed by atoms with Gasteiger partial charge in [-0.3, -0.25) is 9.79 Å². The Hall–Kier alpha value is -0.770. The zero-order chi connectivity index (χ0) is 11.6. The van der Waals surface area contributed by atoms with E-state index in [2.05, 4.69) is 25.8 Å². The Morgan fingerprint density at radius 2 is 2.07 bits per heavy atom. The van der Waals surface area contributed by atoms with E-state index in [1.54, 1.807) is 36.8 Å². The first-order valence-electron chi connectivity index (χ1n) is 4.95. The Labute approximate surface area is 95.6 Å². The molecule has 0 spiro atoms. The van der Waals surface area contributed by atoms with Gasteiger partial charge >= 0.3 is 0 Å². The molecule has 0 aliphatic carbocycles. The fraction of sp³-hybridized carbons (Fsp3) is 0.636. The molecule has 15 heavy (non-hydrogen) atoms. The number of rotatable bonds is 1. The second-order valence-corrected chi connectivity index (χ2v) is 5.93. The van der Waals surface area contributed by atoms with Gasteiger partial charge in [0.05, 0.1) is 11.6 Å². The van der Waals surface area contributed by atoms with E-state index in [0.717, 1.165) is 9.95 Å². The third-order valence-corrected chi connectivity index (χ3v) is 3.42. The summed E-state index contributed by atoms with van der Waals surface area (Å²) in [6, 6.07) is 0. The third kappa shape index (κ3) is 3.38. The summed E-state index contributed by atoms with van der Waals surface area (Å²) in [6.45, 7) is 7.05. The van der Waals surface area contributed by atoms with Crippen molar-refractivity contribution in [3.05, 3.63) is 11.0 Å². The highest BCUT2D eigenvalue weighted by Gasteiger charge is 2.25. The summed E-state index contributed by atoms with van der Waals surface area (Å²) < 4.78 is 0. The predicted molar refractivity (Wildman–Crippen MR) is 66.1 cm³/mol. The number of aliphatic imine (C=N–C) groups is 1. The van der Waals surface area contributed by atoms with Crippen molar-refractivity contribution < 1.29 is 4.79 Å². The first kappa shape index (κ1) is 12.3. The molecule has 0 unspecified atom stereocenters. The van der Waals surface area contributed by atoms with E-state index < -0.39 is 0 Å². The van der Waals surface area contributed by atoms with Gasteiger partial charge in [-0.2, -0.15) is 0 Å². The minimum atomic E-state index is 0.0304. The summed E-state index contributed by atoms with van der Waals surface area (Å²) in [5.74, 6) is 0.0304. The predicted octanol–water partition coefficient (Wildman–Crippen LogP) is 2.15. The van der Waals surface area contributed by atoms with Gasteiger partial charge in [0.15, 0.2) is 0 Å². The molecule has 84 valence electrons. The van der Waals surface area contributed by atoms with Gasteiger partial charge < -0.3 is 4.90 Å². The summed E-state index contributed by atoms with van der Waals surface area (Å²) in [7, 11) is 3.51. The van der Waals surface area contributed by atoms with Gasteiger partial charge in [-0.15, -0.1) is 0 Å². The zero-order valence-electron chi connectivity index (χ0n) is 10.00. The second kappa shape index (κ2) is 4.39. The molecular weight excluding hydrogens is 208 g/mol. The van der Waals surface area contributed by atoms with Crippen molar-refractivity contribution in [2.24, 2.45) is 10.4 Å². The molecule has 0 aromatic heterocycles. The Morgan fingerprint density at radius 3 is 2.47 bits per heavy atom. The lowest BCUT2D eigenvalue weighted by Crippen LogP contribution is -2.19. The van der Waals surface area contributed by atoms with E-state index in [1.165, 1.54) is 0 Å². The number of carbonyl (C=O) groups excluding carboxylic acids is 1. The van der Waals surface area contributed by atoms with Crippen LogP contribution in [0, 0.1) is 5.41 Å². The fourth-order valence-corrected chi connectivity index (χ4v) is 2.04. The van der Waals surface area contributed by atoms with Crippen LogP contribution in [-0.2, 0) is 4.79 Å². The molecule has 0 aromatic carbocycles. The highest BCUT2D eigenvalue weighted by Crippen LogP contribution is 2.34. The monoisotopic (exact) mass is 226 g/mol. The molecule has 0 saturated heterocycles. The molecule has 1 rings (SSSR count). The molecule has 1 amide bonds. The molecule has 0 N–H and O–H groups in total. The number of hydrogen-bond acceptors (Lipinski definition) is 3. The number of amides is 1. The van der Waals surface area contributed by atoms with E-state index in [0.29, 0.717) is 6.54 Å². The van der Waals surface area contributed by atoms with E-state index in [1.807, 2.05) is 0 Å². The normalized spacial score (nSPS) is 19.3. The van der Waals surface area contributed by atoms with E-state index in [4.69, 9.17) is 0 Å². The SMILES string of the molecule is CN(C)C(=O)/C=C1\CN=C(C(C)(C)C)S1. The molecule has 1 aliphatic heterocycles. The van der Waals surface area contributed by atoms with Gasteiger partial charge in [-0.05, 0) is 0 Å². The maximum absolute atomic E-state index is 11.4. The van der Waals surface area contributed by atoms with Crippen LogP contribution in [0.4, 0.5) is 0 Å². The fourth-order valence-electron chi connectivity index (χ4n) is 1.07. The van der Waals surface area contributed by atoms with Crippen molar-refractivity contribution in [2.45, 2.75) is 20.8 Å². The number of nitrogens with zero attached hydrogens (tertiary/aromatic N) is 2. The molecule has 0 saturated carbocycles. The van der Waals surface area contributed by atoms with Crippen molar-refractivity contribution in [3.63, 3.8) is 0 Å². The maximum atomic E-state index is 11.4. The smallest absolute Gasteiger partial charge is 0.246 e. The Balaban J connectivity index is 2.65. The molecule has 1 heterocycles. The number of thioether (sulfide) groups is 1. The van der Waals surface area contributed by atoms with Crippen LogP contribution >= 0.6 is 11.8 Å². The maximum Gasteiger partial charge on any atom is 0.246 e. The average Bonchev–Trinajstić information content (AvgIpc) is 2.51. The van der Waals surface area contributed by atoms with Crippen LogP contribution < -0.4 is 0 Å². The van der Waals surface area contributed by atoms with Crippen LogP contribution in [0.5, 0.6) is 0 Å². The number of carbonyl (C=O) groups is 1. The van der Waals surface area contributed by atoms with Crippen LogP contribution in [0.2, 0.25) is 0 Å². The zero-order valence-corrected chi connectivity index (χ0v) is 10.8. The lowest BCUT2D eigenvalue weighted by Gasteiger charge is -2.16. The van der Waals surface area contributed by atoms with Gasteiger partial charge in [0.1, 0.15) is 0 Å². The van der Waals surface area contributed by atoms with Crippen LogP contribution in [0.1, 0.15) is 20.8 Å². The standard InChI is InChI=1S/C11H18N2OS/c1-11(2,3)10-12-7-8(15-10)6-9(14)13(4)5/h6H,7H2,1-5H3/b8-6+. The minimum absolute atomic E-state index is 0.0304. The average molecular weight is 226 g/mol. The molecule has 0 bridgehead atoms. The molecule has 1 aliphatic rings. The summed E-state index contributed by atoms with van der Waals surface area (Å²) >= 11 is 1.63. The first-order valence-corrected chi connectivity index (χ1v) is 5.77. The van der Waals surface area contributed by atoms with Crippen LogP contribution in [0.15, 0.2) is 16.0 Å². The number of likely N-dealkylation sites (N-methyl/N-ethyl adjacent to an activating group) is 1. The topological polar surface area (TPSA) is 32.7 Å². The van der Waals surface area contributed by atoms with Gasteiger partial charge in [0, 0.05) is 30.5 Å². The van der Waals surface area contributed by atoms with Gasteiger partial charge in [0.2, 0.25) is 5.91 Å². The first-order chi connectivity index (χ1) is 6.80. The largest absolute Gasteiger partial charge is 0.345 e. The lowest BCUT2D eigenvalue weighted by atomic mass is 9.99. The van der Waals surface area contributed by atoms with Crippen molar-refractivity contribution in [3.8, 4) is 0 Å². The summed E-state index contributed by atoms with van der Waals surface area (Å²) in [5.41, 5.74) is 0.0847. The molecule has 4 heteroatoms. The molecule has 0 aromatic rings. The molecule has 0 fully saturated rings. The highest BCUT2D eigenvalue weighted by molar-refractivity contribution is 8.17. The van der Waals surface area contributed by atoms with E-state index in [9.17, 15) is 4.79 Å². The minimum Gasteiger partial charge on any atom is -0.345 e. The quantitative estimate of drug-likeness (QED) is 0.642. The van der Waals surface area contributed by atoms with Crippen molar-refractivity contribution in [1.29, 1.82) is 0 Å². The molecular formula is C11H18N2OS. The van der Waals surface area contributed by atoms with E-state index >= 15 is 0 Å². The van der Waals surface area contributed by atoms with Crippen LogP contribution in [0.25, 0.3) is 0 Å². The second-order valence-electron chi connectivity index (χ2n) is 4.82. The lowest BCUT2D eigenvalue weighted by molar-refractivity contribution is -0.123. The Kier molecular flexibility index (Phi) is 3.60. The van der Waals surface area contributed by atoms with Gasteiger partial charge in [0.25, 0.3) is 0 Å². The third-order valence-electron chi connectivity index (χ3n) is 1.97. The van der Waals surface area contributed by atoms with Crippen LogP contribution in [0.3, 0.4) is 0 Å².